The highest BCUT2D eigenvalue weighted by atomic mass is 35.5. The van der Waals surface area contributed by atoms with Gasteiger partial charge in [0.05, 0.1) is 5.41 Å². The van der Waals surface area contributed by atoms with Gasteiger partial charge in [-0.2, -0.15) is 4.98 Å². The monoisotopic (exact) mass is 291 g/mol. The fraction of sp³-hybridized carbons (Fsp3) is 0.727. The molecule has 5 N–H and O–H groups in total. The first kappa shape index (κ1) is 17.7. The molecule has 8 heteroatoms. The number of nitrogens with one attached hydrogen (secondary N) is 1. The van der Waals surface area contributed by atoms with Gasteiger partial charge in [-0.3, -0.25) is 4.79 Å². The molecule has 110 valence electrons. The Morgan fingerprint density at radius 1 is 1.42 bits per heavy atom. The lowest BCUT2D eigenvalue weighted by Crippen LogP contribution is -2.45. The van der Waals surface area contributed by atoms with Crippen LogP contribution < -0.4 is 16.8 Å². The molecule has 0 aliphatic rings. The van der Waals surface area contributed by atoms with Gasteiger partial charge in [-0.05, 0) is 18.0 Å². The van der Waals surface area contributed by atoms with Crippen LogP contribution in [0.4, 0.5) is 5.95 Å². The van der Waals surface area contributed by atoms with Gasteiger partial charge in [0.1, 0.15) is 0 Å². The van der Waals surface area contributed by atoms with Crippen molar-refractivity contribution < 1.29 is 9.32 Å². The van der Waals surface area contributed by atoms with Gasteiger partial charge in [0.15, 0.2) is 0 Å². The van der Waals surface area contributed by atoms with Crippen molar-refractivity contribution in [1.29, 1.82) is 0 Å². The number of hydrogen-bond acceptors (Lipinski definition) is 6. The molecule has 1 amide bonds. The Morgan fingerprint density at radius 2 is 2.05 bits per heavy atom. The van der Waals surface area contributed by atoms with Gasteiger partial charge in [0.2, 0.25) is 11.8 Å². The van der Waals surface area contributed by atoms with E-state index in [9.17, 15) is 4.79 Å². The quantitative estimate of drug-likeness (QED) is 0.673. The zero-order valence-electron chi connectivity index (χ0n) is 11.3. The highest BCUT2D eigenvalue weighted by Crippen LogP contribution is 2.24. The number of carbonyl (C=O) groups is 1. The fourth-order valence-electron chi connectivity index (χ4n) is 1.79. The Hall–Kier alpha value is -1.34. The van der Waals surface area contributed by atoms with Gasteiger partial charge in [-0.15, -0.1) is 12.4 Å². The van der Waals surface area contributed by atoms with E-state index in [0.717, 1.165) is 12.8 Å². The molecule has 0 bridgehead atoms. The van der Waals surface area contributed by atoms with E-state index in [1.54, 1.807) is 0 Å². The third kappa shape index (κ3) is 4.36. The topological polar surface area (TPSA) is 120 Å². The maximum absolute atomic E-state index is 12.1. The maximum atomic E-state index is 12.1. The van der Waals surface area contributed by atoms with Crippen LogP contribution in [0, 0.1) is 5.41 Å². The van der Waals surface area contributed by atoms with E-state index in [-0.39, 0.29) is 24.3 Å². The third-order valence-corrected chi connectivity index (χ3v) is 3.33. The summed E-state index contributed by atoms with van der Waals surface area (Å²) in [6, 6.07) is 0. The van der Waals surface area contributed by atoms with Crippen LogP contribution in [0.5, 0.6) is 0 Å². The first-order valence-electron chi connectivity index (χ1n) is 6.14. The normalized spacial score (nSPS) is 10.9. The first-order chi connectivity index (χ1) is 8.57. The molecule has 1 aromatic heterocycles. The molecule has 1 rings (SSSR count). The summed E-state index contributed by atoms with van der Waals surface area (Å²) < 4.78 is 4.85. The van der Waals surface area contributed by atoms with Crippen molar-refractivity contribution in [1.82, 2.24) is 15.5 Å². The smallest absolute Gasteiger partial charge is 0.260 e. The second-order valence-electron chi connectivity index (χ2n) is 4.24. The molecule has 7 nitrogen and oxygen atoms in total. The van der Waals surface area contributed by atoms with Crippen molar-refractivity contribution in [2.75, 3.05) is 18.8 Å². The summed E-state index contributed by atoms with van der Waals surface area (Å²) in [5.74, 6) is 0.497. The van der Waals surface area contributed by atoms with Crippen LogP contribution in [0.15, 0.2) is 4.52 Å². The number of rotatable bonds is 7. The standard InChI is InChI=1S/C11H21N5O2.ClH/c1-3-11(4-2,7-12)9(17)14-6-5-8-15-10(13)16-18-8;/h3-7,12H2,1-2H3,(H2,13,16)(H,14,17);1H. The summed E-state index contributed by atoms with van der Waals surface area (Å²) in [7, 11) is 0. The lowest BCUT2D eigenvalue weighted by Gasteiger charge is -2.28. The Balaban J connectivity index is 0.00000324. The van der Waals surface area contributed by atoms with Crippen LogP contribution in [0.3, 0.4) is 0 Å². The molecule has 0 radical (unpaired) electrons. The van der Waals surface area contributed by atoms with Gasteiger partial charge < -0.3 is 21.3 Å². The highest BCUT2D eigenvalue weighted by molar-refractivity contribution is 5.85. The minimum Gasteiger partial charge on any atom is -0.365 e. The van der Waals surface area contributed by atoms with Crippen LogP contribution in [0.1, 0.15) is 32.6 Å². The summed E-state index contributed by atoms with van der Waals surface area (Å²) >= 11 is 0. The molecule has 0 aliphatic carbocycles. The molecule has 19 heavy (non-hydrogen) atoms. The van der Waals surface area contributed by atoms with Crippen LogP contribution in [-0.2, 0) is 11.2 Å². The van der Waals surface area contributed by atoms with Crippen molar-refractivity contribution in [2.24, 2.45) is 11.1 Å². The average Bonchev–Trinajstić information content (AvgIpc) is 2.78. The second-order valence-corrected chi connectivity index (χ2v) is 4.24. The van der Waals surface area contributed by atoms with E-state index in [2.05, 4.69) is 15.5 Å². The lowest BCUT2D eigenvalue weighted by atomic mass is 9.81. The largest absolute Gasteiger partial charge is 0.365 e. The third-order valence-electron chi connectivity index (χ3n) is 3.33. The molecular weight excluding hydrogens is 270 g/mol. The van der Waals surface area contributed by atoms with E-state index in [4.69, 9.17) is 16.0 Å². The van der Waals surface area contributed by atoms with Crippen molar-refractivity contribution in [3.63, 3.8) is 0 Å². The van der Waals surface area contributed by atoms with E-state index >= 15 is 0 Å². The summed E-state index contributed by atoms with van der Waals surface area (Å²) in [5.41, 5.74) is 10.5. The van der Waals surface area contributed by atoms with Crippen LogP contribution >= 0.6 is 12.4 Å². The molecule has 0 fully saturated rings. The number of carbonyl (C=O) groups excluding carboxylic acids is 1. The minimum absolute atomic E-state index is 0. The van der Waals surface area contributed by atoms with Gasteiger partial charge in [0.25, 0.3) is 5.95 Å². The van der Waals surface area contributed by atoms with Crippen molar-refractivity contribution in [3.8, 4) is 0 Å². The molecule has 0 atom stereocenters. The Morgan fingerprint density at radius 3 is 2.47 bits per heavy atom. The van der Waals surface area contributed by atoms with E-state index < -0.39 is 5.41 Å². The lowest BCUT2D eigenvalue weighted by molar-refractivity contribution is -0.131. The van der Waals surface area contributed by atoms with Crippen molar-refractivity contribution in [3.05, 3.63) is 5.89 Å². The Bertz CT molecular complexity index is 384. The van der Waals surface area contributed by atoms with Gasteiger partial charge in [-0.1, -0.05) is 13.8 Å². The molecule has 1 aromatic rings. The number of aromatic nitrogens is 2. The van der Waals surface area contributed by atoms with E-state index in [1.165, 1.54) is 0 Å². The number of nitrogen functional groups attached to an aromatic ring is 1. The SMILES string of the molecule is CCC(CC)(CN)C(=O)NCCc1nc(N)no1.Cl. The second kappa shape index (κ2) is 7.96. The predicted molar refractivity (Wildman–Crippen MR) is 74.7 cm³/mol. The molecule has 0 aliphatic heterocycles. The molecular formula is C11H22ClN5O2. The van der Waals surface area contributed by atoms with E-state index in [0.29, 0.717) is 25.4 Å². The highest BCUT2D eigenvalue weighted by Gasteiger charge is 2.32. The molecule has 0 spiro atoms. The fourth-order valence-corrected chi connectivity index (χ4v) is 1.79. The Labute approximate surface area is 118 Å². The van der Waals surface area contributed by atoms with Crippen molar-refractivity contribution in [2.45, 2.75) is 33.1 Å². The zero-order valence-corrected chi connectivity index (χ0v) is 12.1. The van der Waals surface area contributed by atoms with E-state index in [1.807, 2.05) is 13.8 Å². The molecule has 0 aromatic carbocycles. The number of anilines is 1. The molecule has 0 saturated carbocycles. The molecule has 0 saturated heterocycles. The van der Waals surface area contributed by atoms with Crippen LogP contribution in [-0.4, -0.2) is 29.1 Å². The average molecular weight is 292 g/mol. The van der Waals surface area contributed by atoms with Gasteiger partial charge in [-0.25, -0.2) is 0 Å². The Kier molecular flexibility index (Phi) is 7.40. The van der Waals surface area contributed by atoms with Crippen LogP contribution in [0.2, 0.25) is 0 Å². The number of halogens is 1. The maximum Gasteiger partial charge on any atom is 0.260 e. The number of nitrogens with two attached hydrogens (primary N) is 2. The van der Waals surface area contributed by atoms with Gasteiger partial charge in [0, 0.05) is 19.5 Å². The zero-order chi connectivity index (χ0) is 13.6. The van der Waals surface area contributed by atoms with Crippen LogP contribution in [0.25, 0.3) is 0 Å². The summed E-state index contributed by atoms with van der Waals surface area (Å²) in [4.78, 5) is 15.9. The molecule has 1 heterocycles. The predicted octanol–water partition coefficient (Wildman–Crippen LogP) is 0.497. The first-order valence-corrected chi connectivity index (χ1v) is 6.14. The van der Waals surface area contributed by atoms with Crippen molar-refractivity contribution >= 4 is 24.3 Å². The summed E-state index contributed by atoms with van der Waals surface area (Å²) in [6.07, 6.45) is 1.91. The van der Waals surface area contributed by atoms with Gasteiger partial charge >= 0.3 is 0 Å². The number of amides is 1. The number of nitrogens with zero attached hydrogens (tertiary/aromatic N) is 2. The summed E-state index contributed by atoms with van der Waals surface area (Å²) in [6.45, 7) is 4.71. The molecule has 0 unspecified atom stereocenters. The summed E-state index contributed by atoms with van der Waals surface area (Å²) in [5, 5.41) is 6.32. The number of hydrogen-bond donors (Lipinski definition) is 3. The minimum atomic E-state index is -0.478.